The Kier molecular flexibility index (Phi) is 8.92. The summed E-state index contributed by atoms with van der Waals surface area (Å²) in [5, 5.41) is 38.4. The zero-order chi connectivity index (χ0) is 24.5. The number of allylic oxidation sites excluding steroid dienone is 2. The maximum absolute atomic E-state index is 12.0. The van der Waals surface area contributed by atoms with Crippen molar-refractivity contribution in [2.45, 2.75) is 51.6 Å². The van der Waals surface area contributed by atoms with E-state index in [0.29, 0.717) is 41.4 Å². The van der Waals surface area contributed by atoms with Crippen LogP contribution in [0.2, 0.25) is 0 Å². The van der Waals surface area contributed by atoms with Gasteiger partial charge < -0.3 is 31.9 Å². The van der Waals surface area contributed by atoms with Crippen LogP contribution < -0.4 is 16.0 Å². The van der Waals surface area contributed by atoms with E-state index in [1.165, 1.54) is 12.4 Å². The van der Waals surface area contributed by atoms with Crippen molar-refractivity contribution in [2.75, 3.05) is 13.2 Å². The molecule has 1 fully saturated rings. The first-order valence-corrected chi connectivity index (χ1v) is 11.7. The highest BCUT2D eigenvalue weighted by Gasteiger charge is 2.33. The van der Waals surface area contributed by atoms with Crippen molar-refractivity contribution in [1.29, 1.82) is 10.8 Å². The molecule has 1 amide bonds. The first-order valence-electron chi connectivity index (χ1n) is 11.7. The van der Waals surface area contributed by atoms with Crippen LogP contribution in [0.4, 0.5) is 0 Å². The van der Waals surface area contributed by atoms with Gasteiger partial charge in [-0.3, -0.25) is 4.79 Å². The van der Waals surface area contributed by atoms with Crippen LogP contribution in [0.5, 0.6) is 0 Å². The number of nitrogens with one attached hydrogen (secondary N) is 5. The maximum Gasteiger partial charge on any atom is 0.223 e. The fraction of sp³-hybridized carbons (Fsp3) is 0.458. The van der Waals surface area contributed by atoms with Crippen LogP contribution in [0.1, 0.15) is 50.9 Å². The molecule has 2 heterocycles. The molecule has 1 saturated carbocycles. The molecule has 0 atom stereocenters. The van der Waals surface area contributed by atoms with Gasteiger partial charge in [0.2, 0.25) is 5.91 Å². The summed E-state index contributed by atoms with van der Waals surface area (Å²) in [6.45, 7) is 4.44. The largest absolute Gasteiger partial charge is 0.395 e. The standard InChI is InChI=1S/C24H34N8O2/c1-3-19(4-2)28-14-18(12-26)23-22-5-6-30-32(22)15-21(31-23)17(11-25)13-29-20-9-16(10-20)24(34)27-7-8-33/h5-6,11-16,19-20,25-26,28-29,33H,3-4,7-10H2,1-2H3,(H,27,34)/b17-13+,18-14+,25-11?,26-12?/t16-,20+. The average molecular weight is 467 g/mol. The summed E-state index contributed by atoms with van der Waals surface area (Å²) in [6.07, 6.45) is 12.9. The Morgan fingerprint density at radius 2 is 1.97 bits per heavy atom. The first kappa shape index (κ1) is 25.1. The Hall–Kier alpha value is -3.53. The van der Waals surface area contributed by atoms with Gasteiger partial charge in [-0.2, -0.15) is 5.10 Å². The van der Waals surface area contributed by atoms with Crippen LogP contribution in [0.15, 0.2) is 30.9 Å². The normalized spacial score (nSPS) is 18.5. The molecule has 0 radical (unpaired) electrons. The van der Waals surface area contributed by atoms with Crippen LogP contribution in [0.25, 0.3) is 16.7 Å². The van der Waals surface area contributed by atoms with Gasteiger partial charge in [0.15, 0.2) is 0 Å². The van der Waals surface area contributed by atoms with E-state index in [1.54, 1.807) is 23.1 Å². The van der Waals surface area contributed by atoms with E-state index in [2.05, 4.69) is 34.9 Å². The van der Waals surface area contributed by atoms with Gasteiger partial charge in [0.05, 0.1) is 35.9 Å². The predicted molar refractivity (Wildman–Crippen MR) is 134 cm³/mol. The molecule has 0 saturated heterocycles. The number of hydrogen-bond acceptors (Lipinski definition) is 8. The molecule has 10 nitrogen and oxygen atoms in total. The van der Waals surface area contributed by atoms with E-state index in [0.717, 1.165) is 18.4 Å². The molecule has 0 aromatic carbocycles. The molecule has 3 rings (SSSR count). The minimum atomic E-state index is -0.0656. The third-order valence-electron chi connectivity index (χ3n) is 6.12. The molecule has 1 aliphatic rings. The van der Waals surface area contributed by atoms with Crippen LogP contribution in [0.3, 0.4) is 0 Å². The van der Waals surface area contributed by atoms with Gasteiger partial charge in [-0.05, 0) is 31.7 Å². The topological polar surface area (TPSA) is 151 Å². The van der Waals surface area contributed by atoms with E-state index < -0.39 is 0 Å². The Morgan fingerprint density at radius 1 is 1.24 bits per heavy atom. The number of amides is 1. The molecule has 182 valence electrons. The lowest BCUT2D eigenvalue weighted by Crippen LogP contribution is -2.46. The molecule has 2 aromatic heterocycles. The second-order valence-electron chi connectivity index (χ2n) is 8.35. The summed E-state index contributed by atoms with van der Waals surface area (Å²) in [4.78, 5) is 16.7. The van der Waals surface area contributed by atoms with E-state index in [4.69, 9.17) is 20.9 Å². The molecule has 1 aliphatic carbocycles. The smallest absolute Gasteiger partial charge is 0.223 e. The van der Waals surface area contributed by atoms with Crippen molar-refractivity contribution in [3.63, 3.8) is 0 Å². The summed E-state index contributed by atoms with van der Waals surface area (Å²) in [7, 11) is 0. The molecule has 0 aliphatic heterocycles. The lowest BCUT2D eigenvalue weighted by atomic mass is 9.79. The molecule has 34 heavy (non-hydrogen) atoms. The van der Waals surface area contributed by atoms with E-state index >= 15 is 0 Å². The first-order chi connectivity index (χ1) is 16.5. The Labute approximate surface area is 199 Å². The minimum absolute atomic E-state index is 0.0354. The molecule has 0 spiro atoms. The monoisotopic (exact) mass is 466 g/mol. The number of carbonyl (C=O) groups excluding carboxylic acids is 1. The molecule has 0 bridgehead atoms. The fourth-order valence-corrected chi connectivity index (χ4v) is 3.88. The zero-order valence-corrected chi connectivity index (χ0v) is 19.7. The number of aliphatic hydroxyl groups is 1. The van der Waals surface area contributed by atoms with Gasteiger partial charge in [0, 0.05) is 60.5 Å². The van der Waals surface area contributed by atoms with Crippen LogP contribution in [-0.4, -0.2) is 63.3 Å². The van der Waals surface area contributed by atoms with E-state index in [1.807, 2.05) is 12.3 Å². The van der Waals surface area contributed by atoms with Gasteiger partial charge in [0.1, 0.15) is 0 Å². The van der Waals surface area contributed by atoms with Crippen LogP contribution in [-0.2, 0) is 4.79 Å². The van der Waals surface area contributed by atoms with E-state index in [9.17, 15) is 4.79 Å². The lowest BCUT2D eigenvalue weighted by Gasteiger charge is -2.34. The maximum atomic E-state index is 12.0. The minimum Gasteiger partial charge on any atom is -0.395 e. The summed E-state index contributed by atoms with van der Waals surface area (Å²) >= 11 is 0. The van der Waals surface area contributed by atoms with Gasteiger partial charge in [0.25, 0.3) is 0 Å². The van der Waals surface area contributed by atoms with Crippen molar-refractivity contribution < 1.29 is 9.90 Å². The van der Waals surface area contributed by atoms with Gasteiger partial charge in [-0.1, -0.05) is 13.8 Å². The van der Waals surface area contributed by atoms with E-state index in [-0.39, 0.29) is 31.0 Å². The highest BCUT2D eigenvalue weighted by atomic mass is 16.3. The summed E-state index contributed by atoms with van der Waals surface area (Å²) in [5.74, 6) is -0.0966. The molecular weight excluding hydrogens is 432 g/mol. The third kappa shape index (κ3) is 5.88. The summed E-state index contributed by atoms with van der Waals surface area (Å²) < 4.78 is 1.70. The van der Waals surface area contributed by atoms with Gasteiger partial charge in [-0.15, -0.1) is 0 Å². The molecule has 6 N–H and O–H groups in total. The van der Waals surface area contributed by atoms with Crippen molar-refractivity contribution in [2.24, 2.45) is 5.92 Å². The number of fused-ring (bicyclic) bond motifs is 1. The van der Waals surface area contributed by atoms with Crippen molar-refractivity contribution in [3.05, 3.63) is 42.2 Å². The second-order valence-corrected chi connectivity index (χ2v) is 8.35. The lowest BCUT2D eigenvalue weighted by molar-refractivity contribution is -0.128. The number of carbonyl (C=O) groups is 1. The average Bonchev–Trinajstić information content (AvgIpc) is 3.30. The molecular formula is C24H34N8O2. The highest BCUT2D eigenvalue weighted by molar-refractivity contribution is 6.11. The number of nitrogens with zero attached hydrogens (tertiary/aromatic N) is 3. The second kappa shape index (κ2) is 12.1. The molecule has 0 unspecified atom stereocenters. The Bertz CT molecular complexity index is 1060. The van der Waals surface area contributed by atoms with Crippen molar-refractivity contribution in [1.82, 2.24) is 30.5 Å². The van der Waals surface area contributed by atoms with Crippen molar-refractivity contribution in [3.8, 4) is 0 Å². The number of rotatable bonds is 13. The predicted octanol–water partition coefficient (Wildman–Crippen LogP) is 1.97. The highest BCUT2D eigenvalue weighted by Crippen LogP contribution is 2.28. The van der Waals surface area contributed by atoms with Gasteiger partial charge in [-0.25, -0.2) is 9.50 Å². The quantitative estimate of drug-likeness (QED) is 0.248. The Balaban J connectivity index is 1.79. The fourth-order valence-electron chi connectivity index (χ4n) is 3.88. The Morgan fingerprint density at radius 3 is 2.62 bits per heavy atom. The summed E-state index contributed by atoms with van der Waals surface area (Å²) in [6, 6.07) is 2.30. The van der Waals surface area contributed by atoms with Crippen LogP contribution >= 0.6 is 0 Å². The number of hydrogen-bond donors (Lipinski definition) is 6. The molecule has 10 heteroatoms. The molecule has 2 aromatic rings. The summed E-state index contributed by atoms with van der Waals surface area (Å²) in [5.41, 5.74) is 3.15. The van der Waals surface area contributed by atoms with Gasteiger partial charge >= 0.3 is 0 Å². The third-order valence-corrected chi connectivity index (χ3v) is 6.12. The SMILES string of the molecule is CCC(CC)N/C=C(\C=N)c1nc(/C(C=N)=C/N[C@H]2C[C@@H](C(=O)NCCO)C2)cn2nccc12. The number of aliphatic hydroxyl groups excluding tert-OH is 1. The number of aromatic nitrogens is 3. The van der Waals surface area contributed by atoms with Crippen LogP contribution in [0, 0.1) is 16.7 Å². The zero-order valence-electron chi connectivity index (χ0n) is 19.7. The van der Waals surface area contributed by atoms with Crippen molar-refractivity contribution >= 4 is 35.0 Å².